The van der Waals surface area contributed by atoms with Gasteiger partial charge in [0.15, 0.2) is 0 Å². The van der Waals surface area contributed by atoms with Crippen LogP contribution in [0.4, 0.5) is 13.2 Å². The lowest BCUT2D eigenvalue weighted by Gasteiger charge is -2.11. The summed E-state index contributed by atoms with van der Waals surface area (Å²) in [5, 5.41) is 8.39. The van der Waals surface area contributed by atoms with Crippen molar-refractivity contribution in [1.29, 1.82) is 0 Å². The summed E-state index contributed by atoms with van der Waals surface area (Å²) in [4.78, 5) is 10.3. The first-order chi connectivity index (χ1) is 7.32. The number of carbonyl (C=O) groups is 1. The maximum absolute atomic E-state index is 12.5. The van der Waals surface area contributed by atoms with Crippen LogP contribution >= 0.6 is 0 Å². The zero-order valence-electron chi connectivity index (χ0n) is 8.38. The average Bonchev–Trinajstić information content (AvgIpc) is 2.14. The maximum atomic E-state index is 12.5. The smallest absolute Gasteiger partial charge is 0.416 e. The molecule has 5 heteroatoms. The van der Waals surface area contributed by atoms with Crippen LogP contribution in [0.1, 0.15) is 16.7 Å². The first-order valence-electron chi connectivity index (χ1n) is 4.40. The van der Waals surface area contributed by atoms with Gasteiger partial charge in [0.25, 0.3) is 0 Å². The minimum Gasteiger partial charge on any atom is -0.478 e. The van der Waals surface area contributed by atoms with Crippen molar-refractivity contribution in [2.75, 3.05) is 0 Å². The van der Waals surface area contributed by atoms with E-state index in [1.165, 1.54) is 19.1 Å². The molecule has 1 aromatic carbocycles. The van der Waals surface area contributed by atoms with Gasteiger partial charge in [0.05, 0.1) is 5.56 Å². The van der Waals surface area contributed by atoms with Gasteiger partial charge < -0.3 is 5.11 Å². The number of halogens is 3. The van der Waals surface area contributed by atoms with Crippen LogP contribution in [0.5, 0.6) is 0 Å². The number of hydrogen-bond acceptors (Lipinski definition) is 1. The first-order valence-corrected chi connectivity index (χ1v) is 4.40. The minimum absolute atomic E-state index is 0.0208. The van der Waals surface area contributed by atoms with Gasteiger partial charge in [-0.25, -0.2) is 4.79 Å². The van der Waals surface area contributed by atoms with Gasteiger partial charge in [0, 0.05) is 6.08 Å². The summed E-state index contributed by atoms with van der Waals surface area (Å²) in [7, 11) is 0. The lowest BCUT2D eigenvalue weighted by atomic mass is 10.0. The van der Waals surface area contributed by atoms with E-state index in [1.54, 1.807) is 0 Å². The van der Waals surface area contributed by atoms with E-state index in [2.05, 4.69) is 0 Å². The third kappa shape index (κ3) is 2.85. The molecule has 1 rings (SSSR count). The van der Waals surface area contributed by atoms with Crippen molar-refractivity contribution in [2.24, 2.45) is 0 Å². The first kappa shape index (κ1) is 12.3. The highest BCUT2D eigenvalue weighted by molar-refractivity contribution is 5.85. The molecule has 0 heterocycles. The fourth-order valence-corrected chi connectivity index (χ4v) is 1.30. The molecule has 1 aromatic rings. The fourth-order valence-electron chi connectivity index (χ4n) is 1.30. The van der Waals surface area contributed by atoms with Crippen LogP contribution in [0.15, 0.2) is 24.3 Å². The molecular formula is C11H9F3O2. The van der Waals surface area contributed by atoms with Crippen LogP contribution in [0, 0.1) is 6.92 Å². The Morgan fingerprint density at radius 3 is 2.50 bits per heavy atom. The molecule has 0 aromatic heterocycles. The molecule has 0 spiro atoms. The van der Waals surface area contributed by atoms with E-state index in [-0.39, 0.29) is 11.1 Å². The Morgan fingerprint density at radius 1 is 1.38 bits per heavy atom. The summed E-state index contributed by atoms with van der Waals surface area (Å²) in [5.41, 5.74) is -0.482. The second-order valence-electron chi connectivity index (χ2n) is 3.19. The molecule has 0 radical (unpaired) electrons. The predicted octanol–water partition coefficient (Wildman–Crippen LogP) is 3.11. The van der Waals surface area contributed by atoms with Crippen LogP contribution in [0.25, 0.3) is 6.08 Å². The Balaban J connectivity index is 3.19. The Bertz CT molecular complexity index is 433. The third-order valence-corrected chi connectivity index (χ3v) is 2.09. The standard InChI is InChI=1S/C11H9F3O2/c1-7-8(5-6-10(15)16)3-2-4-9(7)11(12,13)14/h2-6H,1H3,(H,15,16). The quantitative estimate of drug-likeness (QED) is 0.792. The van der Waals surface area contributed by atoms with E-state index in [4.69, 9.17) is 5.11 Å². The van der Waals surface area contributed by atoms with Gasteiger partial charge in [-0.2, -0.15) is 13.2 Å². The zero-order valence-corrected chi connectivity index (χ0v) is 8.38. The van der Waals surface area contributed by atoms with Gasteiger partial charge >= 0.3 is 12.1 Å². The van der Waals surface area contributed by atoms with Crippen LogP contribution < -0.4 is 0 Å². The lowest BCUT2D eigenvalue weighted by Crippen LogP contribution is -2.08. The summed E-state index contributed by atoms with van der Waals surface area (Å²) in [6, 6.07) is 3.65. The van der Waals surface area contributed by atoms with E-state index < -0.39 is 17.7 Å². The van der Waals surface area contributed by atoms with Gasteiger partial charge in [-0.3, -0.25) is 0 Å². The number of benzene rings is 1. The van der Waals surface area contributed by atoms with Gasteiger partial charge in [0.2, 0.25) is 0 Å². The molecule has 0 bridgehead atoms. The van der Waals surface area contributed by atoms with Crippen molar-refractivity contribution >= 4 is 12.0 Å². The van der Waals surface area contributed by atoms with Crippen LogP contribution in [-0.2, 0) is 11.0 Å². The summed E-state index contributed by atoms with van der Waals surface area (Å²) in [6.07, 6.45) is -2.47. The largest absolute Gasteiger partial charge is 0.478 e. The lowest BCUT2D eigenvalue weighted by molar-refractivity contribution is -0.138. The Hall–Kier alpha value is -1.78. The van der Waals surface area contributed by atoms with Gasteiger partial charge in [-0.15, -0.1) is 0 Å². The molecule has 0 atom stereocenters. The molecule has 0 aliphatic carbocycles. The second kappa shape index (κ2) is 4.38. The minimum atomic E-state index is -4.42. The van der Waals surface area contributed by atoms with Gasteiger partial charge in [-0.05, 0) is 30.2 Å². The number of carboxylic acids is 1. The highest BCUT2D eigenvalue weighted by Gasteiger charge is 2.32. The molecule has 0 aliphatic heterocycles. The topological polar surface area (TPSA) is 37.3 Å². The Morgan fingerprint density at radius 2 is 2.00 bits per heavy atom. The maximum Gasteiger partial charge on any atom is 0.416 e. The second-order valence-corrected chi connectivity index (χ2v) is 3.19. The molecule has 1 N–H and O–H groups in total. The summed E-state index contributed by atoms with van der Waals surface area (Å²) in [5.74, 6) is -1.20. The summed E-state index contributed by atoms with van der Waals surface area (Å²) in [6.45, 7) is 1.31. The Kier molecular flexibility index (Phi) is 3.37. The monoisotopic (exact) mass is 230 g/mol. The van der Waals surface area contributed by atoms with Crippen molar-refractivity contribution < 1.29 is 23.1 Å². The van der Waals surface area contributed by atoms with Gasteiger partial charge in [-0.1, -0.05) is 12.1 Å². The van der Waals surface area contributed by atoms with Gasteiger partial charge in [0.1, 0.15) is 0 Å². The van der Waals surface area contributed by atoms with Crippen LogP contribution in [0.2, 0.25) is 0 Å². The third-order valence-electron chi connectivity index (χ3n) is 2.09. The SMILES string of the molecule is Cc1c(C=CC(=O)O)cccc1C(F)(F)F. The molecule has 0 amide bonds. The molecule has 0 saturated carbocycles. The van der Waals surface area contributed by atoms with E-state index in [9.17, 15) is 18.0 Å². The van der Waals surface area contributed by atoms with Crippen molar-refractivity contribution in [3.05, 3.63) is 41.0 Å². The number of rotatable bonds is 2. The van der Waals surface area contributed by atoms with E-state index >= 15 is 0 Å². The van der Waals surface area contributed by atoms with Crippen LogP contribution in [0.3, 0.4) is 0 Å². The van der Waals surface area contributed by atoms with Crippen molar-refractivity contribution in [3.8, 4) is 0 Å². The molecule has 0 aliphatic rings. The molecule has 0 fully saturated rings. The molecule has 0 saturated heterocycles. The van der Waals surface area contributed by atoms with Crippen LogP contribution in [-0.4, -0.2) is 11.1 Å². The van der Waals surface area contributed by atoms with Crippen molar-refractivity contribution in [1.82, 2.24) is 0 Å². The normalized spacial score (nSPS) is 12.0. The Labute approximate surface area is 90.0 Å². The molecule has 0 unspecified atom stereocenters. The van der Waals surface area contributed by atoms with Crippen molar-refractivity contribution in [2.45, 2.75) is 13.1 Å². The number of hydrogen-bond donors (Lipinski definition) is 1. The predicted molar refractivity (Wildman–Crippen MR) is 52.9 cm³/mol. The highest BCUT2D eigenvalue weighted by Crippen LogP contribution is 2.33. The molecular weight excluding hydrogens is 221 g/mol. The van der Waals surface area contributed by atoms with E-state index in [1.807, 2.05) is 0 Å². The summed E-state index contributed by atoms with van der Waals surface area (Å²) < 4.78 is 37.5. The number of aliphatic carboxylic acids is 1. The number of carboxylic acid groups (broad SMARTS) is 1. The molecule has 16 heavy (non-hydrogen) atoms. The average molecular weight is 230 g/mol. The fraction of sp³-hybridized carbons (Fsp3) is 0.182. The molecule has 2 nitrogen and oxygen atoms in total. The molecule has 86 valence electrons. The van der Waals surface area contributed by atoms with E-state index in [0.717, 1.165) is 18.2 Å². The van der Waals surface area contributed by atoms with Crippen molar-refractivity contribution in [3.63, 3.8) is 0 Å². The highest BCUT2D eigenvalue weighted by atomic mass is 19.4. The zero-order chi connectivity index (χ0) is 12.3. The number of alkyl halides is 3. The summed E-state index contributed by atoms with van der Waals surface area (Å²) >= 11 is 0. The van der Waals surface area contributed by atoms with E-state index in [0.29, 0.717) is 0 Å².